The Morgan fingerprint density at radius 2 is 1.59 bits per heavy atom. The monoisotopic (exact) mass is 574 g/mol. The molecule has 4 aliphatic rings. The lowest BCUT2D eigenvalue weighted by Gasteiger charge is -2.64. The average Bonchev–Trinajstić information content (AvgIpc) is 2.85. The maximum Gasteiger partial charge on any atom is 0.405 e. The Labute approximate surface area is 242 Å². The lowest BCUT2D eigenvalue weighted by molar-refractivity contribution is -0.143. The molecule has 0 bridgehead atoms. The first kappa shape index (κ1) is 31.5. The van der Waals surface area contributed by atoms with Crippen molar-refractivity contribution < 1.29 is 27.6 Å². The van der Waals surface area contributed by atoms with Crippen LogP contribution in [0.5, 0.6) is 0 Å². The third kappa shape index (κ3) is 5.20. The van der Waals surface area contributed by atoms with Crippen molar-refractivity contribution in [2.45, 2.75) is 106 Å². The minimum atomic E-state index is -4.48. The van der Waals surface area contributed by atoms with E-state index in [4.69, 9.17) is 0 Å². The van der Waals surface area contributed by atoms with Gasteiger partial charge in [0, 0.05) is 22.7 Å². The quantitative estimate of drug-likeness (QED) is 0.376. The molecule has 2 saturated carbocycles. The van der Waals surface area contributed by atoms with Gasteiger partial charge in [0.25, 0.3) is 0 Å². The van der Waals surface area contributed by atoms with Crippen molar-refractivity contribution in [1.82, 2.24) is 5.32 Å². The van der Waals surface area contributed by atoms with E-state index in [1.807, 2.05) is 19.9 Å². The number of fused-ring (bicyclic) bond motifs is 5. The Balaban J connectivity index is 1.80. The molecule has 4 aliphatic carbocycles. The Hall–Kier alpha value is -2.43. The molecule has 6 atom stereocenters. The molecule has 0 aliphatic heterocycles. The summed E-state index contributed by atoms with van der Waals surface area (Å²) in [6.07, 6.45) is 4.20. The summed E-state index contributed by atoms with van der Waals surface area (Å²) < 4.78 is 38.8. The van der Waals surface area contributed by atoms with Crippen LogP contribution in [0.25, 0.3) is 0 Å². The van der Waals surface area contributed by atoms with Crippen LogP contribution in [0.2, 0.25) is 0 Å². The molecule has 4 rings (SSSR count). The summed E-state index contributed by atoms with van der Waals surface area (Å²) in [6.45, 7) is 13.0. The molecule has 41 heavy (non-hydrogen) atoms. The number of carbonyl (C=O) groups excluding carboxylic acids is 3. The summed E-state index contributed by atoms with van der Waals surface area (Å²) in [5.41, 5.74) is -1.53. The lowest BCUT2D eigenvalue weighted by Crippen LogP contribution is -2.60. The minimum Gasteiger partial charge on any atom is -0.347 e. The van der Waals surface area contributed by atoms with E-state index in [0.717, 1.165) is 24.8 Å². The number of Topliss-reactive ketones (excluding diaryl/α,β-unsaturated/α-hetero) is 1. The first-order valence-corrected chi connectivity index (χ1v) is 15.0. The molecule has 0 aromatic heterocycles. The van der Waals surface area contributed by atoms with E-state index in [9.17, 15) is 32.8 Å². The summed E-state index contributed by atoms with van der Waals surface area (Å²) in [4.78, 5) is 40.4. The molecule has 1 amide bonds. The molecule has 0 heterocycles. The molecule has 5 nitrogen and oxygen atoms in total. The maximum absolute atomic E-state index is 14.1. The Morgan fingerprint density at radius 1 is 0.976 bits per heavy atom. The zero-order valence-corrected chi connectivity index (χ0v) is 25.6. The molecule has 0 aromatic rings. The van der Waals surface area contributed by atoms with Crippen LogP contribution in [0.3, 0.4) is 0 Å². The fraction of sp³-hybridized carbons (Fsp3) is 0.758. The van der Waals surface area contributed by atoms with E-state index >= 15 is 0 Å². The number of nitriles is 1. The smallest absolute Gasteiger partial charge is 0.347 e. The molecule has 2 fully saturated rings. The summed E-state index contributed by atoms with van der Waals surface area (Å²) in [5, 5.41) is 12.0. The number of ketones is 2. The minimum absolute atomic E-state index is 0.0397. The van der Waals surface area contributed by atoms with Gasteiger partial charge < -0.3 is 5.32 Å². The largest absolute Gasteiger partial charge is 0.405 e. The molecular formula is C33H45F3N2O3. The molecule has 0 radical (unpaired) electrons. The highest BCUT2D eigenvalue weighted by atomic mass is 19.4. The van der Waals surface area contributed by atoms with Crippen molar-refractivity contribution in [3.8, 4) is 6.07 Å². The number of carbonyl (C=O) groups is 3. The zero-order chi connectivity index (χ0) is 30.8. The van der Waals surface area contributed by atoms with Gasteiger partial charge >= 0.3 is 6.18 Å². The number of allylic oxidation sites excluding steroid dienone is 4. The van der Waals surface area contributed by atoms with Crippen molar-refractivity contribution >= 4 is 17.5 Å². The van der Waals surface area contributed by atoms with Crippen LogP contribution in [-0.4, -0.2) is 30.2 Å². The topological polar surface area (TPSA) is 87.0 Å². The molecule has 0 saturated heterocycles. The van der Waals surface area contributed by atoms with E-state index < -0.39 is 46.2 Å². The second kappa shape index (κ2) is 10.1. The lowest BCUT2D eigenvalue weighted by atomic mass is 9.38. The molecule has 0 spiro atoms. The van der Waals surface area contributed by atoms with Gasteiger partial charge in [-0.25, -0.2) is 0 Å². The number of hydrogen-bond acceptors (Lipinski definition) is 4. The van der Waals surface area contributed by atoms with Gasteiger partial charge in [0.2, 0.25) is 5.91 Å². The fourth-order valence-electron chi connectivity index (χ4n) is 9.09. The van der Waals surface area contributed by atoms with Crippen LogP contribution in [0.1, 0.15) is 99.8 Å². The van der Waals surface area contributed by atoms with Gasteiger partial charge in [0.15, 0.2) is 11.6 Å². The Kier molecular flexibility index (Phi) is 7.75. The second-order valence-electron chi connectivity index (χ2n) is 15.2. The molecule has 0 aromatic carbocycles. The fourth-order valence-corrected chi connectivity index (χ4v) is 9.09. The first-order chi connectivity index (χ1) is 18.7. The summed E-state index contributed by atoms with van der Waals surface area (Å²) >= 11 is 0. The number of amides is 1. The van der Waals surface area contributed by atoms with Crippen molar-refractivity contribution in [3.63, 3.8) is 0 Å². The van der Waals surface area contributed by atoms with Crippen molar-refractivity contribution in [2.24, 2.45) is 44.8 Å². The van der Waals surface area contributed by atoms with Crippen molar-refractivity contribution in [1.29, 1.82) is 5.26 Å². The van der Waals surface area contributed by atoms with Crippen molar-refractivity contribution in [2.75, 3.05) is 6.54 Å². The molecule has 226 valence electrons. The number of nitrogens with zero attached hydrogens (tertiary/aromatic N) is 1. The predicted octanol–water partition coefficient (Wildman–Crippen LogP) is 7.27. The highest BCUT2D eigenvalue weighted by Crippen LogP contribution is 2.70. The highest BCUT2D eigenvalue weighted by Gasteiger charge is 2.65. The number of rotatable bonds is 2. The van der Waals surface area contributed by atoms with E-state index in [2.05, 4.69) is 46.0 Å². The molecule has 1 unspecified atom stereocenters. The molecule has 8 heteroatoms. The van der Waals surface area contributed by atoms with Gasteiger partial charge in [0.05, 0.1) is 5.57 Å². The summed E-state index contributed by atoms with van der Waals surface area (Å²) in [7, 11) is 0. The van der Waals surface area contributed by atoms with Crippen LogP contribution < -0.4 is 5.32 Å². The van der Waals surface area contributed by atoms with Gasteiger partial charge in [-0.3, -0.25) is 14.4 Å². The van der Waals surface area contributed by atoms with E-state index in [-0.39, 0.29) is 34.4 Å². The number of halogens is 3. The van der Waals surface area contributed by atoms with Gasteiger partial charge in [-0.1, -0.05) is 60.1 Å². The Morgan fingerprint density at radius 3 is 2.20 bits per heavy atom. The molecule has 1 N–H and O–H groups in total. The summed E-state index contributed by atoms with van der Waals surface area (Å²) in [6, 6.07) is 2.11. The normalized spacial score (nSPS) is 38.7. The van der Waals surface area contributed by atoms with Gasteiger partial charge in [-0.05, 0) is 79.6 Å². The highest BCUT2D eigenvalue weighted by molar-refractivity contribution is 6.04. The van der Waals surface area contributed by atoms with Crippen LogP contribution in [0.4, 0.5) is 13.2 Å². The van der Waals surface area contributed by atoms with Crippen LogP contribution in [0.15, 0.2) is 23.3 Å². The van der Waals surface area contributed by atoms with Crippen LogP contribution in [0, 0.1) is 56.2 Å². The van der Waals surface area contributed by atoms with Gasteiger partial charge in [-0.2, -0.15) is 18.4 Å². The molecular weight excluding hydrogens is 529 g/mol. The summed E-state index contributed by atoms with van der Waals surface area (Å²) in [5.74, 6) is -1.64. The van der Waals surface area contributed by atoms with Gasteiger partial charge in [-0.15, -0.1) is 0 Å². The number of nitrogens with one attached hydrogen (secondary N) is 1. The third-order valence-corrected chi connectivity index (χ3v) is 11.9. The van der Waals surface area contributed by atoms with E-state index in [1.165, 1.54) is 0 Å². The Bertz CT molecular complexity index is 1240. The average molecular weight is 575 g/mol. The predicted molar refractivity (Wildman–Crippen MR) is 150 cm³/mol. The number of hydrogen-bond donors (Lipinski definition) is 1. The third-order valence-electron chi connectivity index (χ3n) is 11.9. The second-order valence-corrected chi connectivity index (χ2v) is 15.2. The number of alkyl halides is 3. The van der Waals surface area contributed by atoms with E-state index in [1.54, 1.807) is 6.08 Å². The maximum atomic E-state index is 14.1. The van der Waals surface area contributed by atoms with Crippen LogP contribution >= 0.6 is 0 Å². The van der Waals surface area contributed by atoms with Gasteiger partial charge in [0.1, 0.15) is 12.6 Å². The first-order valence-electron chi connectivity index (χ1n) is 15.0. The SMILES string of the molecule is CC1(C)CCC2C(=O)C=C3[C@@]4(C)C=C(C#N)C(=O)C(C)(C)[C@@H]4CC[C@@]3(C)[C@]2(C)CC[C@@H](C(=O)NCC(F)(F)F)CC1. The standard InChI is InChI=1S/C33H45F3N2O3/c1-28(2)12-8-20(27(41)38-19-33(34,35)36)9-14-31(6)22(10-13-28)23(39)16-25-30(5)17-21(18-37)26(40)29(3,4)24(30)11-15-32(25,31)7/h16-17,20,22,24H,8-15,19H2,1-7H3,(H,38,41)/t20-,22?,24-,30-,31+,32+/m0/s1. The van der Waals surface area contributed by atoms with Crippen LogP contribution in [-0.2, 0) is 14.4 Å². The van der Waals surface area contributed by atoms with Crippen molar-refractivity contribution in [3.05, 3.63) is 23.3 Å². The zero-order valence-electron chi connectivity index (χ0n) is 25.6. The van der Waals surface area contributed by atoms with E-state index in [0.29, 0.717) is 32.1 Å².